The summed E-state index contributed by atoms with van der Waals surface area (Å²) in [4.78, 5) is 11.8. The van der Waals surface area contributed by atoms with Gasteiger partial charge in [-0.15, -0.1) is 0 Å². The Labute approximate surface area is 105 Å². The van der Waals surface area contributed by atoms with E-state index in [-0.39, 0.29) is 11.3 Å². The zero-order valence-corrected chi connectivity index (χ0v) is 10.1. The molecule has 0 bridgehead atoms. The smallest absolute Gasteiger partial charge is 0.258 e. The number of carbonyl (C=O) groups excluding carboxylic acids is 1. The number of piperidine rings is 1. The molecule has 0 spiro atoms. The van der Waals surface area contributed by atoms with Gasteiger partial charge in [0.2, 0.25) is 0 Å². The molecule has 1 amide bonds. The van der Waals surface area contributed by atoms with Gasteiger partial charge in [0.15, 0.2) is 0 Å². The van der Waals surface area contributed by atoms with E-state index >= 15 is 0 Å². The molecule has 1 heterocycles. The largest absolute Gasteiger partial charge is 0.507 e. The molecule has 0 aliphatic carbocycles. The summed E-state index contributed by atoms with van der Waals surface area (Å²) in [6.07, 6.45) is 2.01. The summed E-state index contributed by atoms with van der Waals surface area (Å²) in [7, 11) is 0. The van der Waals surface area contributed by atoms with Crippen molar-refractivity contribution in [3.8, 4) is 5.75 Å². The molecule has 18 heavy (non-hydrogen) atoms. The maximum absolute atomic E-state index is 13.4. The Balaban J connectivity index is 1.95. The van der Waals surface area contributed by atoms with E-state index in [9.17, 15) is 14.3 Å². The molecule has 0 aromatic heterocycles. The van der Waals surface area contributed by atoms with Gasteiger partial charge in [-0.3, -0.25) is 4.79 Å². The molecule has 5 heteroatoms. The summed E-state index contributed by atoms with van der Waals surface area (Å²) in [6, 6.07) is 3.84. The van der Waals surface area contributed by atoms with Crippen LogP contribution in [0.4, 0.5) is 4.39 Å². The number of rotatable bonds is 3. The molecule has 1 aliphatic heterocycles. The van der Waals surface area contributed by atoms with E-state index in [2.05, 4.69) is 10.6 Å². The van der Waals surface area contributed by atoms with Gasteiger partial charge in [0.05, 0.1) is 0 Å². The third kappa shape index (κ3) is 2.98. The summed E-state index contributed by atoms with van der Waals surface area (Å²) in [5, 5.41) is 15.4. The lowest BCUT2D eigenvalue weighted by Gasteiger charge is -2.22. The van der Waals surface area contributed by atoms with Crippen LogP contribution in [0.5, 0.6) is 5.75 Å². The van der Waals surface area contributed by atoms with Crippen LogP contribution in [0.25, 0.3) is 0 Å². The van der Waals surface area contributed by atoms with E-state index in [0.29, 0.717) is 12.5 Å². The van der Waals surface area contributed by atoms with Crippen LogP contribution < -0.4 is 10.6 Å². The number of phenols is 1. The lowest BCUT2D eigenvalue weighted by molar-refractivity contribution is 0.0937. The minimum Gasteiger partial charge on any atom is -0.507 e. The number of aromatic hydroxyl groups is 1. The second-order valence-electron chi connectivity index (χ2n) is 4.54. The van der Waals surface area contributed by atoms with Gasteiger partial charge in [0, 0.05) is 6.54 Å². The molecule has 0 saturated carbocycles. The number of hydrogen-bond acceptors (Lipinski definition) is 3. The molecule has 1 aromatic carbocycles. The van der Waals surface area contributed by atoms with E-state index in [4.69, 9.17) is 0 Å². The lowest BCUT2D eigenvalue weighted by atomic mass is 9.98. The third-order valence-corrected chi connectivity index (χ3v) is 3.23. The fourth-order valence-electron chi connectivity index (χ4n) is 2.15. The van der Waals surface area contributed by atoms with Crippen molar-refractivity contribution in [2.24, 2.45) is 5.92 Å². The van der Waals surface area contributed by atoms with Crippen molar-refractivity contribution in [1.29, 1.82) is 0 Å². The van der Waals surface area contributed by atoms with Crippen LogP contribution in [0.1, 0.15) is 23.2 Å². The molecule has 2 rings (SSSR count). The summed E-state index contributed by atoms with van der Waals surface area (Å²) in [5.74, 6) is -1.15. The Morgan fingerprint density at radius 1 is 1.44 bits per heavy atom. The first-order valence-electron chi connectivity index (χ1n) is 6.15. The van der Waals surface area contributed by atoms with E-state index in [1.165, 1.54) is 18.2 Å². The maximum atomic E-state index is 13.4. The van der Waals surface area contributed by atoms with Crippen LogP contribution in [-0.2, 0) is 0 Å². The second-order valence-corrected chi connectivity index (χ2v) is 4.54. The Morgan fingerprint density at radius 3 is 2.83 bits per heavy atom. The Morgan fingerprint density at radius 2 is 2.17 bits per heavy atom. The molecule has 0 unspecified atom stereocenters. The molecular weight excluding hydrogens is 235 g/mol. The van der Waals surface area contributed by atoms with E-state index in [0.717, 1.165) is 25.9 Å². The average molecular weight is 252 g/mol. The Hall–Kier alpha value is -1.62. The standard InChI is InChI=1S/C13H17FN2O2/c14-10-2-1-3-11(17)12(10)13(18)16-8-9-4-6-15-7-5-9/h1-3,9,15,17H,4-8H2,(H,16,18). The van der Waals surface area contributed by atoms with Crippen LogP contribution in [0.15, 0.2) is 18.2 Å². The van der Waals surface area contributed by atoms with Crippen LogP contribution >= 0.6 is 0 Å². The van der Waals surface area contributed by atoms with Gasteiger partial charge in [-0.1, -0.05) is 6.07 Å². The lowest BCUT2D eigenvalue weighted by Crippen LogP contribution is -2.36. The second kappa shape index (κ2) is 5.82. The molecule has 1 fully saturated rings. The first kappa shape index (κ1) is 12.8. The third-order valence-electron chi connectivity index (χ3n) is 3.23. The molecule has 3 N–H and O–H groups in total. The molecule has 4 nitrogen and oxygen atoms in total. The van der Waals surface area contributed by atoms with Crippen LogP contribution in [0.2, 0.25) is 0 Å². The molecule has 98 valence electrons. The maximum Gasteiger partial charge on any atom is 0.258 e. The quantitative estimate of drug-likeness (QED) is 0.759. The van der Waals surface area contributed by atoms with Crippen LogP contribution in [0, 0.1) is 11.7 Å². The van der Waals surface area contributed by atoms with Gasteiger partial charge >= 0.3 is 0 Å². The van der Waals surface area contributed by atoms with Crippen LogP contribution in [-0.4, -0.2) is 30.6 Å². The summed E-state index contributed by atoms with van der Waals surface area (Å²) < 4.78 is 13.4. The predicted octanol–water partition coefficient (Wildman–Crippen LogP) is 1.26. The van der Waals surface area contributed by atoms with Crippen LogP contribution in [0.3, 0.4) is 0 Å². The van der Waals surface area contributed by atoms with Crippen molar-refractivity contribution in [1.82, 2.24) is 10.6 Å². The van der Waals surface area contributed by atoms with Gasteiger partial charge in [-0.25, -0.2) is 4.39 Å². The number of carbonyl (C=O) groups is 1. The highest BCUT2D eigenvalue weighted by Gasteiger charge is 2.18. The first-order chi connectivity index (χ1) is 8.68. The first-order valence-corrected chi connectivity index (χ1v) is 6.15. The number of amides is 1. The number of hydrogen-bond donors (Lipinski definition) is 3. The van der Waals surface area contributed by atoms with Gasteiger partial charge in [-0.05, 0) is 44.0 Å². The van der Waals surface area contributed by atoms with Gasteiger partial charge in [0.1, 0.15) is 17.1 Å². The molecule has 1 aromatic rings. The van der Waals surface area contributed by atoms with E-state index in [1.807, 2.05) is 0 Å². The predicted molar refractivity (Wildman–Crippen MR) is 66.0 cm³/mol. The Kier molecular flexibility index (Phi) is 4.15. The fraction of sp³-hybridized carbons (Fsp3) is 0.462. The van der Waals surface area contributed by atoms with Gasteiger partial charge in [0.25, 0.3) is 5.91 Å². The molecule has 0 atom stereocenters. The molecule has 0 radical (unpaired) electrons. The highest BCUT2D eigenvalue weighted by molar-refractivity contribution is 5.97. The van der Waals surface area contributed by atoms with Crippen molar-refractivity contribution < 1.29 is 14.3 Å². The molecule has 1 aliphatic rings. The zero-order valence-electron chi connectivity index (χ0n) is 10.1. The topological polar surface area (TPSA) is 61.4 Å². The van der Waals surface area contributed by atoms with Crippen molar-refractivity contribution in [3.63, 3.8) is 0 Å². The minimum absolute atomic E-state index is 0.272. The normalized spacial score (nSPS) is 16.5. The fourth-order valence-corrected chi connectivity index (χ4v) is 2.15. The summed E-state index contributed by atoms with van der Waals surface area (Å²) in [5.41, 5.74) is -0.272. The number of benzene rings is 1. The summed E-state index contributed by atoms with van der Waals surface area (Å²) >= 11 is 0. The van der Waals surface area contributed by atoms with E-state index in [1.54, 1.807) is 0 Å². The monoisotopic (exact) mass is 252 g/mol. The number of nitrogens with one attached hydrogen (secondary N) is 2. The van der Waals surface area contributed by atoms with Crippen molar-refractivity contribution in [2.45, 2.75) is 12.8 Å². The molecular formula is C13H17FN2O2. The minimum atomic E-state index is -0.696. The highest BCUT2D eigenvalue weighted by Crippen LogP contribution is 2.19. The van der Waals surface area contributed by atoms with Crippen molar-refractivity contribution in [2.75, 3.05) is 19.6 Å². The SMILES string of the molecule is O=C(NCC1CCNCC1)c1c(O)cccc1F. The Bertz CT molecular complexity index is 411. The van der Waals surface area contributed by atoms with E-state index < -0.39 is 11.7 Å². The van der Waals surface area contributed by atoms with Crippen molar-refractivity contribution in [3.05, 3.63) is 29.6 Å². The number of halogens is 1. The number of phenolic OH excluding ortho intramolecular Hbond substituents is 1. The zero-order chi connectivity index (χ0) is 13.0. The van der Waals surface area contributed by atoms with Gasteiger partial charge < -0.3 is 15.7 Å². The van der Waals surface area contributed by atoms with Crippen molar-refractivity contribution >= 4 is 5.91 Å². The van der Waals surface area contributed by atoms with Gasteiger partial charge in [-0.2, -0.15) is 0 Å². The highest BCUT2D eigenvalue weighted by atomic mass is 19.1. The molecule has 1 saturated heterocycles. The summed E-state index contributed by atoms with van der Waals surface area (Å²) in [6.45, 7) is 2.42. The average Bonchev–Trinajstić information content (AvgIpc) is 2.37.